The second kappa shape index (κ2) is 7.11. The summed E-state index contributed by atoms with van der Waals surface area (Å²) in [5.41, 5.74) is 0.446. The second-order valence-corrected chi connectivity index (χ2v) is 6.71. The molecule has 0 radical (unpaired) electrons. The molecule has 19 heavy (non-hydrogen) atoms. The van der Waals surface area contributed by atoms with E-state index < -0.39 is 0 Å². The number of carbonyl (C=O) groups excluding carboxylic acids is 1. The predicted molar refractivity (Wildman–Crippen MR) is 85.0 cm³/mol. The molecular weight excluding hydrogens is 254 g/mol. The molecule has 1 unspecified atom stereocenters. The molecule has 0 N–H and O–H groups in total. The largest absolute Gasteiger partial charge is 0.302 e. The molecule has 0 aromatic heterocycles. The zero-order chi connectivity index (χ0) is 14.5. The summed E-state index contributed by atoms with van der Waals surface area (Å²) >= 11 is 1.84. The highest BCUT2D eigenvalue weighted by Crippen LogP contribution is 2.24. The van der Waals surface area contributed by atoms with Crippen LogP contribution in [0.1, 0.15) is 31.1 Å². The first-order chi connectivity index (χ1) is 8.88. The molecule has 0 aliphatic heterocycles. The lowest BCUT2D eigenvalue weighted by molar-refractivity contribution is 0.0764. The summed E-state index contributed by atoms with van der Waals surface area (Å²) in [5.74, 6) is 1.31. The first kappa shape index (κ1) is 16.3. The van der Waals surface area contributed by atoms with Gasteiger partial charge >= 0.3 is 0 Å². The average Bonchev–Trinajstić information content (AvgIpc) is 2.38. The van der Waals surface area contributed by atoms with E-state index in [1.807, 2.05) is 55.9 Å². The van der Waals surface area contributed by atoms with Gasteiger partial charge in [0.05, 0.1) is 0 Å². The third-order valence-corrected chi connectivity index (χ3v) is 4.27. The SMILES string of the molecule is CSCC(C)N(C)CC(C)(C)C(=O)c1ccccc1. The standard InChI is InChI=1S/C16H25NOS/c1-13(11-19-5)17(4)12-16(2,3)15(18)14-9-7-6-8-10-14/h6-10,13H,11-12H2,1-5H3. The Hall–Kier alpha value is -0.800. The highest BCUT2D eigenvalue weighted by molar-refractivity contribution is 7.98. The van der Waals surface area contributed by atoms with E-state index in [1.165, 1.54) is 0 Å². The summed E-state index contributed by atoms with van der Waals surface area (Å²) in [6.45, 7) is 7.05. The number of nitrogens with zero attached hydrogens (tertiary/aromatic N) is 1. The summed E-state index contributed by atoms with van der Waals surface area (Å²) in [7, 11) is 2.10. The summed E-state index contributed by atoms with van der Waals surface area (Å²) < 4.78 is 0. The van der Waals surface area contributed by atoms with Crippen LogP contribution in [0.3, 0.4) is 0 Å². The highest BCUT2D eigenvalue weighted by atomic mass is 32.2. The van der Waals surface area contributed by atoms with Crippen LogP contribution in [-0.2, 0) is 0 Å². The lowest BCUT2D eigenvalue weighted by Crippen LogP contribution is -2.42. The molecule has 0 amide bonds. The topological polar surface area (TPSA) is 20.3 Å². The molecule has 1 rings (SSSR count). The van der Waals surface area contributed by atoms with Gasteiger partial charge < -0.3 is 4.90 Å². The second-order valence-electron chi connectivity index (χ2n) is 5.80. The van der Waals surface area contributed by atoms with E-state index in [0.717, 1.165) is 17.9 Å². The van der Waals surface area contributed by atoms with Gasteiger partial charge in [-0.25, -0.2) is 0 Å². The van der Waals surface area contributed by atoms with E-state index in [4.69, 9.17) is 0 Å². The molecule has 0 aliphatic rings. The summed E-state index contributed by atoms with van der Waals surface area (Å²) in [4.78, 5) is 14.8. The Bertz CT molecular complexity index is 402. The van der Waals surface area contributed by atoms with Crippen LogP contribution >= 0.6 is 11.8 Å². The number of Topliss-reactive ketones (excluding diaryl/α,β-unsaturated/α-hetero) is 1. The minimum absolute atomic E-state index is 0.219. The number of carbonyl (C=O) groups is 1. The van der Waals surface area contributed by atoms with Crippen molar-refractivity contribution in [3.8, 4) is 0 Å². The van der Waals surface area contributed by atoms with Crippen LogP contribution < -0.4 is 0 Å². The van der Waals surface area contributed by atoms with E-state index in [0.29, 0.717) is 6.04 Å². The van der Waals surface area contributed by atoms with Crippen molar-refractivity contribution in [1.82, 2.24) is 4.90 Å². The normalized spacial score (nSPS) is 13.6. The number of rotatable bonds is 7. The summed E-state index contributed by atoms with van der Waals surface area (Å²) in [6.07, 6.45) is 2.12. The van der Waals surface area contributed by atoms with Gasteiger partial charge in [0.1, 0.15) is 0 Å². The van der Waals surface area contributed by atoms with Gasteiger partial charge in [0.2, 0.25) is 0 Å². The number of ketones is 1. The molecule has 0 fully saturated rings. The molecule has 0 saturated heterocycles. The van der Waals surface area contributed by atoms with Gasteiger partial charge in [-0.1, -0.05) is 44.2 Å². The third-order valence-electron chi connectivity index (χ3n) is 3.46. The molecule has 0 saturated carbocycles. The average molecular weight is 279 g/mol. The molecule has 1 aromatic carbocycles. The Morgan fingerprint density at radius 3 is 2.42 bits per heavy atom. The molecule has 3 heteroatoms. The van der Waals surface area contributed by atoms with Crippen LogP contribution in [-0.4, -0.2) is 42.3 Å². The fourth-order valence-corrected chi connectivity index (χ4v) is 2.94. The van der Waals surface area contributed by atoms with Gasteiger partial charge in [0.25, 0.3) is 0 Å². The minimum atomic E-state index is -0.358. The van der Waals surface area contributed by atoms with E-state index in [9.17, 15) is 4.79 Å². The smallest absolute Gasteiger partial charge is 0.169 e. The van der Waals surface area contributed by atoms with Gasteiger partial charge in [-0.2, -0.15) is 11.8 Å². The molecule has 0 spiro atoms. The van der Waals surface area contributed by atoms with Gasteiger partial charge in [0.15, 0.2) is 5.78 Å². The Balaban J connectivity index is 2.73. The maximum absolute atomic E-state index is 12.6. The van der Waals surface area contributed by atoms with E-state index in [1.54, 1.807) is 0 Å². The van der Waals surface area contributed by atoms with Crippen molar-refractivity contribution < 1.29 is 4.79 Å². The molecule has 1 aromatic rings. The lowest BCUT2D eigenvalue weighted by atomic mass is 9.83. The van der Waals surface area contributed by atoms with E-state index in [2.05, 4.69) is 25.1 Å². The Morgan fingerprint density at radius 2 is 1.89 bits per heavy atom. The first-order valence-electron chi connectivity index (χ1n) is 6.67. The van der Waals surface area contributed by atoms with Crippen molar-refractivity contribution in [1.29, 1.82) is 0 Å². The van der Waals surface area contributed by atoms with Crippen LogP contribution in [0.25, 0.3) is 0 Å². The molecule has 106 valence electrons. The van der Waals surface area contributed by atoms with Crippen LogP contribution in [0, 0.1) is 5.41 Å². The van der Waals surface area contributed by atoms with Crippen molar-refractivity contribution in [2.45, 2.75) is 26.8 Å². The van der Waals surface area contributed by atoms with E-state index >= 15 is 0 Å². The number of hydrogen-bond donors (Lipinski definition) is 0. The van der Waals surface area contributed by atoms with Gasteiger partial charge in [0, 0.05) is 29.3 Å². The van der Waals surface area contributed by atoms with Crippen molar-refractivity contribution >= 4 is 17.5 Å². The van der Waals surface area contributed by atoms with Crippen LogP contribution in [0.5, 0.6) is 0 Å². The molecular formula is C16H25NOS. The first-order valence-corrected chi connectivity index (χ1v) is 8.07. The highest BCUT2D eigenvalue weighted by Gasteiger charge is 2.30. The fourth-order valence-electron chi connectivity index (χ4n) is 2.20. The van der Waals surface area contributed by atoms with Crippen molar-refractivity contribution in [2.24, 2.45) is 5.41 Å². The Kier molecular flexibility index (Phi) is 6.08. The van der Waals surface area contributed by atoms with Crippen molar-refractivity contribution in [3.63, 3.8) is 0 Å². The van der Waals surface area contributed by atoms with Gasteiger partial charge in [-0.05, 0) is 20.2 Å². The molecule has 0 heterocycles. The van der Waals surface area contributed by atoms with Crippen LogP contribution in [0.2, 0.25) is 0 Å². The fraction of sp³-hybridized carbons (Fsp3) is 0.562. The zero-order valence-electron chi connectivity index (χ0n) is 12.6. The molecule has 1 atom stereocenters. The molecule has 0 aliphatic carbocycles. The van der Waals surface area contributed by atoms with E-state index in [-0.39, 0.29) is 11.2 Å². The quantitative estimate of drug-likeness (QED) is 0.712. The monoisotopic (exact) mass is 279 g/mol. The zero-order valence-corrected chi connectivity index (χ0v) is 13.5. The maximum atomic E-state index is 12.6. The third kappa shape index (κ3) is 4.66. The Morgan fingerprint density at radius 1 is 1.32 bits per heavy atom. The van der Waals surface area contributed by atoms with Crippen molar-refractivity contribution in [3.05, 3.63) is 35.9 Å². The number of hydrogen-bond acceptors (Lipinski definition) is 3. The van der Waals surface area contributed by atoms with Crippen LogP contribution in [0.15, 0.2) is 30.3 Å². The van der Waals surface area contributed by atoms with Crippen LogP contribution in [0.4, 0.5) is 0 Å². The van der Waals surface area contributed by atoms with Gasteiger partial charge in [-0.15, -0.1) is 0 Å². The predicted octanol–water partition coefficient (Wildman–Crippen LogP) is 3.58. The Labute approximate surface area is 121 Å². The molecule has 2 nitrogen and oxygen atoms in total. The van der Waals surface area contributed by atoms with Gasteiger partial charge in [-0.3, -0.25) is 4.79 Å². The summed E-state index contributed by atoms with van der Waals surface area (Å²) in [6, 6.07) is 10.1. The van der Waals surface area contributed by atoms with Crippen molar-refractivity contribution in [2.75, 3.05) is 25.6 Å². The maximum Gasteiger partial charge on any atom is 0.169 e. The summed E-state index contributed by atoms with van der Waals surface area (Å²) in [5, 5.41) is 0. The molecule has 0 bridgehead atoms. The number of benzene rings is 1. The lowest BCUT2D eigenvalue weighted by Gasteiger charge is -2.32. The minimum Gasteiger partial charge on any atom is -0.302 e. The number of thioether (sulfide) groups is 1.